The Labute approximate surface area is 97.0 Å². The number of ether oxygens (including phenoxy) is 1. The van der Waals surface area contributed by atoms with Crippen molar-refractivity contribution in [3.8, 4) is 0 Å². The van der Waals surface area contributed by atoms with Crippen molar-refractivity contribution >= 4 is 17.9 Å². The second-order valence-corrected chi connectivity index (χ2v) is 3.52. The quantitative estimate of drug-likeness (QED) is 0.326. The lowest BCUT2D eigenvalue weighted by Gasteiger charge is -2.23. The van der Waals surface area contributed by atoms with Crippen molar-refractivity contribution in [2.45, 2.75) is 30.9 Å². The molecule has 2 unspecified atom stereocenters. The lowest BCUT2D eigenvalue weighted by molar-refractivity contribution is -0.162. The number of carboxylic acid groups (broad SMARTS) is 2. The van der Waals surface area contributed by atoms with Gasteiger partial charge in [0.15, 0.2) is 5.60 Å². The second kappa shape index (κ2) is 6.16. The molecule has 0 radical (unpaired) electrons. The number of hydrogen-bond acceptors (Lipinski definition) is 6. The van der Waals surface area contributed by atoms with E-state index in [1.807, 2.05) is 0 Å². The van der Waals surface area contributed by atoms with E-state index >= 15 is 0 Å². The van der Waals surface area contributed by atoms with Crippen LogP contribution in [0.25, 0.3) is 0 Å². The second-order valence-electron chi connectivity index (χ2n) is 3.52. The van der Waals surface area contributed by atoms with E-state index in [9.17, 15) is 9.90 Å². The zero-order valence-corrected chi connectivity index (χ0v) is 9.25. The Hall–Kier alpha value is -1.67. The van der Waals surface area contributed by atoms with Gasteiger partial charge in [-0.05, 0) is 19.3 Å². The summed E-state index contributed by atoms with van der Waals surface area (Å²) in [5.74, 6) is -4.26. The molecule has 0 aromatic heterocycles. The van der Waals surface area contributed by atoms with Gasteiger partial charge < -0.3 is 25.8 Å². The van der Waals surface area contributed by atoms with Crippen LogP contribution < -0.4 is 5.73 Å². The monoisotopic (exact) mass is 249 g/mol. The first-order valence-electron chi connectivity index (χ1n) is 4.78. The average molecular weight is 249 g/mol. The molecule has 1 rings (SSSR count). The molecule has 8 nitrogen and oxygen atoms in total. The standard InChI is InChI=1S/C7H13NO3.C2H2O4/c1-11-6(9)7(10)4-2-3-5(7)8;3-1(4)2(5)6/h5,10H,2-4,8H2,1H3;(H,3,4)(H,5,6). The van der Waals surface area contributed by atoms with Crippen molar-refractivity contribution < 1.29 is 34.4 Å². The summed E-state index contributed by atoms with van der Waals surface area (Å²) in [6.07, 6.45) is 1.89. The fourth-order valence-electron chi connectivity index (χ4n) is 1.45. The molecule has 1 saturated carbocycles. The maximum Gasteiger partial charge on any atom is 0.414 e. The van der Waals surface area contributed by atoms with Crippen LogP contribution in [0, 0.1) is 0 Å². The molecule has 0 aromatic rings. The van der Waals surface area contributed by atoms with Gasteiger partial charge in [0.1, 0.15) is 0 Å². The van der Waals surface area contributed by atoms with E-state index < -0.39 is 29.6 Å². The molecule has 1 fully saturated rings. The molecule has 1 aliphatic carbocycles. The molecule has 0 saturated heterocycles. The highest BCUT2D eigenvalue weighted by molar-refractivity contribution is 6.27. The van der Waals surface area contributed by atoms with Gasteiger partial charge in [-0.1, -0.05) is 0 Å². The van der Waals surface area contributed by atoms with Gasteiger partial charge in [-0.3, -0.25) is 0 Å². The van der Waals surface area contributed by atoms with Gasteiger partial charge in [-0.15, -0.1) is 0 Å². The summed E-state index contributed by atoms with van der Waals surface area (Å²) < 4.78 is 4.44. The summed E-state index contributed by atoms with van der Waals surface area (Å²) in [6.45, 7) is 0. The highest BCUT2D eigenvalue weighted by atomic mass is 16.5. The van der Waals surface area contributed by atoms with Crippen molar-refractivity contribution in [2.75, 3.05) is 7.11 Å². The lowest BCUT2D eigenvalue weighted by Crippen LogP contribution is -2.50. The van der Waals surface area contributed by atoms with E-state index in [0.717, 1.165) is 6.42 Å². The Bertz CT molecular complexity index is 304. The zero-order valence-electron chi connectivity index (χ0n) is 9.25. The predicted molar refractivity (Wildman–Crippen MR) is 54.1 cm³/mol. The molecule has 0 aliphatic heterocycles. The van der Waals surface area contributed by atoms with Crippen LogP contribution in [0.1, 0.15) is 19.3 Å². The Morgan fingerprint density at radius 2 is 1.76 bits per heavy atom. The van der Waals surface area contributed by atoms with Gasteiger partial charge >= 0.3 is 17.9 Å². The van der Waals surface area contributed by atoms with Crippen molar-refractivity contribution in [1.29, 1.82) is 0 Å². The maximum absolute atomic E-state index is 11.0. The molecule has 1 aliphatic rings. The van der Waals surface area contributed by atoms with Crippen LogP contribution in [0.3, 0.4) is 0 Å². The Balaban J connectivity index is 0.000000366. The van der Waals surface area contributed by atoms with Crippen LogP contribution in [0.2, 0.25) is 0 Å². The molecular formula is C9H15NO7. The van der Waals surface area contributed by atoms with E-state index in [4.69, 9.17) is 25.5 Å². The largest absolute Gasteiger partial charge is 0.473 e. The molecule has 0 bridgehead atoms. The summed E-state index contributed by atoms with van der Waals surface area (Å²) in [5, 5.41) is 24.4. The fourth-order valence-corrected chi connectivity index (χ4v) is 1.45. The molecule has 0 spiro atoms. The van der Waals surface area contributed by atoms with E-state index in [1.54, 1.807) is 0 Å². The number of hydrogen-bond donors (Lipinski definition) is 4. The minimum absolute atomic E-state index is 0.418. The number of carbonyl (C=O) groups is 3. The molecule has 0 heterocycles. The smallest absolute Gasteiger partial charge is 0.414 e. The molecule has 17 heavy (non-hydrogen) atoms. The third-order valence-electron chi connectivity index (χ3n) is 2.41. The number of methoxy groups -OCH3 is 1. The third kappa shape index (κ3) is 4.00. The Morgan fingerprint density at radius 3 is 2.00 bits per heavy atom. The fraction of sp³-hybridized carbons (Fsp3) is 0.667. The van der Waals surface area contributed by atoms with Crippen LogP contribution in [0.15, 0.2) is 0 Å². The highest BCUT2D eigenvalue weighted by Crippen LogP contribution is 2.29. The maximum atomic E-state index is 11.0. The molecule has 5 N–H and O–H groups in total. The van der Waals surface area contributed by atoms with Gasteiger partial charge in [0.05, 0.1) is 7.11 Å². The van der Waals surface area contributed by atoms with E-state index in [-0.39, 0.29) is 0 Å². The number of nitrogens with two attached hydrogens (primary N) is 1. The number of carboxylic acids is 2. The molecule has 8 heteroatoms. The van der Waals surface area contributed by atoms with E-state index in [0.29, 0.717) is 12.8 Å². The molecule has 0 aromatic carbocycles. The summed E-state index contributed by atoms with van der Waals surface area (Å²) >= 11 is 0. The van der Waals surface area contributed by atoms with Crippen LogP contribution in [0.5, 0.6) is 0 Å². The van der Waals surface area contributed by atoms with Gasteiger partial charge in [-0.2, -0.15) is 0 Å². The van der Waals surface area contributed by atoms with Crippen molar-refractivity contribution in [3.05, 3.63) is 0 Å². The zero-order chi connectivity index (χ0) is 13.6. The van der Waals surface area contributed by atoms with Crippen LogP contribution in [-0.2, 0) is 19.1 Å². The number of aliphatic hydroxyl groups is 1. The SMILES string of the molecule is COC(=O)C1(O)CCCC1N.O=C(O)C(=O)O. The first-order valence-corrected chi connectivity index (χ1v) is 4.78. The van der Waals surface area contributed by atoms with E-state index in [2.05, 4.69) is 4.74 Å². The topological polar surface area (TPSA) is 147 Å². The molecule has 98 valence electrons. The summed E-state index contributed by atoms with van der Waals surface area (Å²) in [5.41, 5.74) is 4.12. The van der Waals surface area contributed by atoms with Crippen LogP contribution >= 0.6 is 0 Å². The average Bonchev–Trinajstić information content (AvgIpc) is 2.60. The lowest BCUT2D eigenvalue weighted by atomic mass is 9.99. The number of aliphatic carboxylic acids is 2. The highest BCUT2D eigenvalue weighted by Gasteiger charge is 2.46. The van der Waals surface area contributed by atoms with Crippen molar-refractivity contribution in [1.82, 2.24) is 0 Å². The predicted octanol–water partition coefficient (Wildman–Crippen LogP) is -1.44. The molecule has 2 atom stereocenters. The van der Waals surface area contributed by atoms with Gasteiger partial charge in [-0.25, -0.2) is 14.4 Å². The first kappa shape index (κ1) is 15.3. The van der Waals surface area contributed by atoms with Crippen LogP contribution in [0.4, 0.5) is 0 Å². The molecular weight excluding hydrogens is 234 g/mol. The van der Waals surface area contributed by atoms with Gasteiger partial charge in [0, 0.05) is 6.04 Å². The summed E-state index contributed by atoms with van der Waals surface area (Å²) in [7, 11) is 1.26. The van der Waals surface area contributed by atoms with E-state index in [1.165, 1.54) is 7.11 Å². The van der Waals surface area contributed by atoms with Crippen molar-refractivity contribution in [2.24, 2.45) is 5.73 Å². The summed E-state index contributed by atoms with van der Waals surface area (Å²) in [4.78, 5) is 29.2. The van der Waals surface area contributed by atoms with Crippen molar-refractivity contribution in [3.63, 3.8) is 0 Å². The Morgan fingerprint density at radius 1 is 1.29 bits per heavy atom. The normalized spacial score (nSPS) is 26.6. The number of rotatable bonds is 1. The van der Waals surface area contributed by atoms with Crippen LogP contribution in [-0.4, -0.2) is 52.0 Å². The number of carbonyl (C=O) groups excluding carboxylic acids is 1. The van der Waals surface area contributed by atoms with Gasteiger partial charge in [0.25, 0.3) is 0 Å². The minimum atomic E-state index is -1.82. The first-order chi connectivity index (χ1) is 7.75. The summed E-state index contributed by atoms with van der Waals surface area (Å²) in [6, 6.07) is -0.463. The molecule has 0 amide bonds. The minimum Gasteiger partial charge on any atom is -0.473 e. The Kier molecular flexibility index (Phi) is 5.56. The third-order valence-corrected chi connectivity index (χ3v) is 2.41. The van der Waals surface area contributed by atoms with Gasteiger partial charge in [0.2, 0.25) is 0 Å². The number of esters is 1.